The Balaban J connectivity index is 2.85. The summed E-state index contributed by atoms with van der Waals surface area (Å²) < 4.78 is 0. The van der Waals surface area contributed by atoms with Gasteiger partial charge in [-0.1, -0.05) is 27.2 Å². The number of rotatable bonds is 10. The summed E-state index contributed by atoms with van der Waals surface area (Å²) in [5.41, 5.74) is 0. The molecule has 14 heavy (non-hydrogen) atoms. The number of thioether (sulfide) groups is 1. The maximum atomic E-state index is 3.50. The molecule has 0 spiro atoms. The van der Waals surface area contributed by atoms with E-state index in [1.54, 1.807) is 0 Å². The molecule has 0 saturated heterocycles. The van der Waals surface area contributed by atoms with Gasteiger partial charge in [-0.05, 0) is 37.5 Å². The van der Waals surface area contributed by atoms with E-state index in [1.165, 1.54) is 50.3 Å². The van der Waals surface area contributed by atoms with Crippen LogP contribution in [0.25, 0.3) is 0 Å². The third-order valence-electron chi connectivity index (χ3n) is 2.20. The van der Waals surface area contributed by atoms with Crippen molar-refractivity contribution >= 4 is 11.8 Å². The second-order valence-electron chi connectivity index (χ2n) is 4.25. The summed E-state index contributed by atoms with van der Waals surface area (Å²) >= 11 is 2.08. The molecule has 0 aliphatic rings. The first-order valence-electron chi connectivity index (χ1n) is 6.05. The van der Waals surface area contributed by atoms with Crippen LogP contribution < -0.4 is 5.32 Å². The maximum absolute atomic E-state index is 3.50. The van der Waals surface area contributed by atoms with Crippen LogP contribution >= 0.6 is 11.8 Å². The highest BCUT2D eigenvalue weighted by molar-refractivity contribution is 7.99. The number of hydrogen-bond acceptors (Lipinski definition) is 2. The van der Waals surface area contributed by atoms with Crippen molar-refractivity contribution in [2.75, 3.05) is 24.6 Å². The zero-order valence-corrected chi connectivity index (χ0v) is 11.0. The molecule has 0 aliphatic heterocycles. The van der Waals surface area contributed by atoms with Gasteiger partial charge in [-0.3, -0.25) is 0 Å². The summed E-state index contributed by atoms with van der Waals surface area (Å²) in [6.07, 6.45) is 5.39. The second kappa shape index (κ2) is 11.4. The largest absolute Gasteiger partial charge is 0.316 e. The average Bonchev–Trinajstić information content (AvgIpc) is 2.15. The molecule has 0 radical (unpaired) electrons. The summed E-state index contributed by atoms with van der Waals surface area (Å²) in [4.78, 5) is 0. The van der Waals surface area contributed by atoms with E-state index in [9.17, 15) is 0 Å². The lowest BCUT2D eigenvalue weighted by Crippen LogP contribution is -2.18. The Labute approximate surface area is 94.4 Å². The van der Waals surface area contributed by atoms with Crippen molar-refractivity contribution < 1.29 is 0 Å². The fourth-order valence-corrected chi connectivity index (χ4v) is 2.24. The topological polar surface area (TPSA) is 12.0 Å². The Morgan fingerprint density at radius 3 is 2.50 bits per heavy atom. The van der Waals surface area contributed by atoms with Crippen molar-refractivity contribution in [3.63, 3.8) is 0 Å². The van der Waals surface area contributed by atoms with Gasteiger partial charge in [0.25, 0.3) is 0 Å². The lowest BCUT2D eigenvalue weighted by molar-refractivity contribution is 0.534. The standard InChI is InChI=1S/C12H27NS/c1-4-5-10-14-11-9-13-8-6-7-12(2)3/h12-13H,4-11H2,1-3H3. The minimum Gasteiger partial charge on any atom is -0.316 e. The molecule has 0 aromatic carbocycles. The second-order valence-corrected chi connectivity index (χ2v) is 5.48. The van der Waals surface area contributed by atoms with E-state index in [0.717, 1.165) is 5.92 Å². The summed E-state index contributed by atoms with van der Waals surface area (Å²) in [5, 5.41) is 3.50. The Morgan fingerprint density at radius 2 is 1.86 bits per heavy atom. The molecule has 1 nitrogen and oxygen atoms in total. The van der Waals surface area contributed by atoms with Gasteiger partial charge in [-0.2, -0.15) is 11.8 Å². The third-order valence-corrected chi connectivity index (χ3v) is 3.27. The molecule has 0 fully saturated rings. The molecular formula is C12H27NS. The number of unbranched alkanes of at least 4 members (excludes halogenated alkanes) is 1. The van der Waals surface area contributed by atoms with Crippen LogP contribution in [0.1, 0.15) is 46.5 Å². The lowest BCUT2D eigenvalue weighted by atomic mass is 10.1. The minimum atomic E-state index is 0.857. The Morgan fingerprint density at radius 1 is 1.07 bits per heavy atom. The van der Waals surface area contributed by atoms with Gasteiger partial charge in [-0.25, -0.2) is 0 Å². The SMILES string of the molecule is CCCCSCCNCCCC(C)C. The molecular weight excluding hydrogens is 190 g/mol. The molecule has 0 heterocycles. The zero-order chi connectivity index (χ0) is 10.6. The van der Waals surface area contributed by atoms with Crippen molar-refractivity contribution in [2.24, 2.45) is 5.92 Å². The molecule has 0 saturated carbocycles. The van der Waals surface area contributed by atoms with Crippen LogP contribution in [0.3, 0.4) is 0 Å². The highest BCUT2D eigenvalue weighted by atomic mass is 32.2. The normalized spacial score (nSPS) is 11.1. The fraction of sp³-hybridized carbons (Fsp3) is 1.00. The van der Waals surface area contributed by atoms with E-state index in [1.807, 2.05) is 0 Å². The van der Waals surface area contributed by atoms with Gasteiger partial charge in [0, 0.05) is 12.3 Å². The molecule has 2 heteroatoms. The average molecular weight is 217 g/mol. The van der Waals surface area contributed by atoms with Crippen LogP contribution in [-0.2, 0) is 0 Å². The molecule has 0 bridgehead atoms. The molecule has 0 atom stereocenters. The van der Waals surface area contributed by atoms with Gasteiger partial charge in [0.15, 0.2) is 0 Å². The first-order valence-corrected chi connectivity index (χ1v) is 7.21. The van der Waals surface area contributed by atoms with Gasteiger partial charge < -0.3 is 5.32 Å². The van der Waals surface area contributed by atoms with E-state index in [4.69, 9.17) is 0 Å². The van der Waals surface area contributed by atoms with E-state index in [2.05, 4.69) is 37.8 Å². The molecule has 0 rings (SSSR count). The Kier molecular flexibility index (Phi) is 11.6. The molecule has 0 aromatic heterocycles. The van der Waals surface area contributed by atoms with E-state index < -0.39 is 0 Å². The molecule has 1 N–H and O–H groups in total. The van der Waals surface area contributed by atoms with Crippen molar-refractivity contribution in [1.82, 2.24) is 5.32 Å². The Hall–Kier alpha value is 0.310. The summed E-state index contributed by atoms with van der Waals surface area (Å²) in [5.74, 6) is 3.47. The van der Waals surface area contributed by atoms with E-state index in [-0.39, 0.29) is 0 Å². The van der Waals surface area contributed by atoms with Gasteiger partial charge >= 0.3 is 0 Å². The van der Waals surface area contributed by atoms with Crippen LogP contribution in [-0.4, -0.2) is 24.6 Å². The van der Waals surface area contributed by atoms with Crippen LogP contribution in [0.5, 0.6) is 0 Å². The van der Waals surface area contributed by atoms with Crippen LogP contribution in [0.4, 0.5) is 0 Å². The van der Waals surface area contributed by atoms with Crippen molar-refractivity contribution in [3.8, 4) is 0 Å². The zero-order valence-electron chi connectivity index (χ0n) is 10.1. The fourth-order valence-electron chi connectivity index (χ4n) is 1.25. The summed E-state index contributed by atoms with van der Waals surface area (Å²) in [7, 11) is 0. The number of hydrogen-bond donors (Lipinski definition) is 1. The predicted octanol–water partition coefficient (Wildman–Crippen LogP) is 3.55. The predicted molar refractivity (Wildman–Crippen MR) is 69.2 cm³/mol. The molecule has 0 unspecified atom stereocenters. The van der Waals surface area contributed by atoms with Crippen molar-refractivity contribution in [1.29, 1.82) is 0 Å². The van der Waals surface area contributed by atoms with Crippen molar-refractivity contribution in [3.05, 3.63) is 0 Å². The van der Waals surface area contributed by atoms with Crippen LogP contribution in [0, 0.1) is 5.92 Å². The highest BCUT2D eigenvalue weighted by Gasteiger charge is 1.93. The first-order chi connectivity index (χ1) is 6.77. The van der Waals surface area contributed by atoms with Gasteiger partial charge in [0.2, 0.25) is 0 Å². The van der Waals surface area contributed by atoms with Gasteiger partial charge in [0.1, 0.15) is 0 Å². The highest BCUT2D eigenvalue weighted by Crippen LogP contribution is 2.03. The van der Waals surface area contributed by atoms with Gasteiger partial charge in [-0.15, -0.1) is 0 Å². The summed E-state index contributed by atoms with van der Waals surface area (Å²) in [6.45, 7) is 9.23. The minimum absolute atomic E-state index is 0.857. The molecule has 0 amide bonds. The van der Waals surface area contributed by atoms with Crippen molar-refractivity contribution in [2.45, 2.75) is 46.5 Å². The van der Waals surface area contributed by atoms with Crippen LogP contribution in [0.15, 0.2) is 0 Å². The Bertz CT molecular complexity index is 104. The van der Waals surface area contributed by atoms with Crippen LogP contribution in [0.2, 0.25) is 0 Å². The third kappa shape index (κ3) is 12.3. The van der Waals surface area contributed by atoms with E-state index in [0.29, 0.717) is 0 Å². The maximum Gasteiger partial charge on any atom is 0.00581 e. The number of nitrogens with one attached hydrogen (secondary N) is 1. The smallest absolute Gasteiger partial charge is 0.00581 e. The molecule has 0 aliphatic carbocycles. The monoisotopic (exact) mass is 217 g/mol. The first kappa shape index (κ1) is 14.3. The molecule has 86 valence electrons. The quantitative estimate of drug-likeness (QED) is 0.562. The van der Waals surface area contributed by atoms with E-state index >= 15 is 0 Å². The summed E-state index contributed by atoms with van der Waals surface area (Å²) in [6, 6.07) is 0. The molecule has 0 aromatic rings. The lowest BCUT2D eigenvalue weighted by Gasteiger charge is -2.06. The van der Waals surface area contributed by atoms with Gasteiger partial charge in [0.05, 0.1) is 0 Å².